The monoisotopic (exact) mass is 244 g/mol. The molecule has 0 bridgehead atoms. The Morgan fingerprint density at radius 3 is 2.00 bits per heavy atom. The maximum atomic E-state index is 8.85. The lowest BCUT2D eigenvalue weighted by atomic mass is 10.2. The maximum absolute atomic E-state index is 8.85. The molecule has 0 saturated carbocycles. The standard InChI is InChI=1S/2C8H10O/c1-2-7-3-5-8(9)6-4-7;1-2-9-8-6-4-3-5-7-8/h3-6,9H,2H2,1H3;3-7H,2H2,1H3. The highest BCUT2D eigenvalue weighted by molar-refractivity contribution is 5.25. The van der Waals surface area contributed by atoms with Gasteiger partial charge in [0.15, 0.2) is 0 Å². The Balaban J connectivity index is 0.000000180. The molecule has 0 unspecified atom stereocenters. The molecule has 0 amide bonds. The average molecular weight is 244 g/mol. The number of hydrogen-bond acceptors (Lipinski definition) is 2. The predicted octanol–water partition coefficient (Wildman–Crippen LogP) is 4.04. The first-order valence-corrected chi connectivity index (χ1v) is 6.22. The van der Waals surface area contributed by atoms with Gasteiger partial charge in [-0.1, -0.05) is 37.3 Å². The molecule has 2 aromatic rings. The molecule has 0 radical (unpaired) electrons. The first-order valence-electron chi connectivity index (χ1n) is 6.22. The molecule has 0 aromatic heterocycles. The van der Waals surface area contributed by atoms with Crippen LogP contribution in [0.25, 0.3) is 0 Å². The Hall–Kier alpha value is -1.96. The summed E-state index contributed by atoms with van der Waals surface area (Å²) < 4.78 is 5.21. The topological polar surface area (TPSA) is 29.5 Å². The lowest BCUT2D eigenvalue weighted by molar-refractivity contribution is 0.340. The van der Waals surface area contributed by atoms with Crippen molar-refractivity contribution < 1.29 is 9.84 Å². The minimum absolute atomic E-state index is 0.340. The largest absolute Gasteiger partial charge is 0.508 e. The second-order valence-corrected chi connectivity index (χ2v) is 3.77. The fraction of sp³-hybridized carbons (Fsp3) is 0.250. The Labute approximate surface area is 109 Å². The van der Waals surface area contributed by atoms with Crippen LogP contribution in [-0.4, -0.2) is 11.7 Å². The molecule has 1 N–H and O–H groups in total. The first-order chi connectivity index (χ1) is 8.76. The number of phenolic OH excluding ortho intramolecular Hbond substituents is 1. The van der Waals surface area contributed by atoms with Crippen molar-refractivity contribution in [1.29, 1.82) is 0 Å². The molecular weight excluding hydrogens is 224 g/mol. The van der Waals surface area contributed by atoms with E-state index in [1.807, 2.05) is 49.4 Å². The van der Waals surface area contributed by atoms with E-state index in [1.54, 1.807) is 12.1 Å². The van der Waals surface area contributed by atoms with Gasteiger partial charge in [0, 0.05) is 0 Å². The number of aromatic hydroxyl groups is 1. The van der Waals surface area contributed by atoms with Crippen molar-refractivity contribution in [1.82, 2.24) is 0 Å². The third kappa shape index (κ3) is 5.39. The summed E-state index contributed by atoms with van der Waals surface area (Å²) in [4.78, 5) is 0. The van der Waals surface area contributed by atoms with E-state index in [0.717, 1.165) is 18.8 Å². The summed E-state index contributed by atoms with van der Waals surface area (Å²) in [5.41, 5.74) is 1.26. The van der Waals surface area contributed by atoms with Gasteiger partial charge in [-0.05, 0) is 43.2 Å². The molecule has 2 nitrogen and oxygen atoms in total. The fourth-order valence-electron chi connectivity index (χ4n) is 1.42. The van der Waals surface area contributed by atoms with Crippen molar-refractivity contribution in [3.05, 3.63) is 60.2 Å². The second kappa shape index (κ2) is 8.18. The zero-order chi connectivity index (χ0) is 13.2. The summed E-state index contributed by atoms with van der Waals surface area (Å²) in [5.74, 6) is 1.28. The van der Waals surface area contributed by atoms with Crippen LogP contribution in [0, 0.1) is 0 Å². The van der Waals surface area contributed by atoms with Crippen LogP contribution < -0.4 is 4.74 Å². The fourth-order valence-corrected chi connectivity index (χ4v) is 1.42. The maximum Gasteiger partial charge on any atom is 0.119 e. The zero-order valence-corrected chi connectivity index (χ0v) is 11.0. The molecule has 2 rings (SSSR count). The summed E-state index contributed by atoms with van der Waals surface area (Å²) >= 11 is 0. The number of para-hydroxylation sites is 1. The molecule has 18 heavy (non-hydrogen) atoms. The molecule has 0 atom stereocenters. The van der Waals surface area contributed by atoms with Crippen molar-refractivity contribution in [2.75, 3.05) is 6.61 Å². The van der Waals surface area contributed by atoms with Crippen LogP contribution in [0.3, 0.4) is 0 Å². The van der Waals surface area contributed by atoms with Crippen LogP contribution in [0.15, 0.2) is 54.6 Å². The number of ether oxygens (including phenoxy) is 1. The molecular formula is C16H20O2. The van der Waals surface area contributed by atoms with Gasteiger partial charge in [-0.2, -0.15) is 0 Å². The lowest BCUT2D eigenvalue weighted by Gasteiger charge is -1.99. The van der Waals surface area contributed by atoms with Crippen molar-refractivity contribution in [3.63, 3.8) is 0 Å². The molecule has 2 heteroatoms. The highest BCUT2D eigenvalue weighted by Gasteiger charge is 1.86. The number of hydrogen-bond donors (Lipinski definition) is 1. The van der Waals surface area contributed by atoms with E-state index in [1.165, 1.54) is 5.56 Å². The minimum Gasteiger partial charge on any atom is -0.508 e. The Kier molecular flexibility index (Phi) is 6.41. The first kappa shape index (κ1) is 14.1. The van der Waals surface area contributed by atoms with Crippen LogP contribution in [0.1, 0.15) is 19.4 Å². The molecule has 0 aliphatic rings. The number of rotatable bonds is 3. The molecule has 96 valence electrons. The molecule has 0 fully saturated rings. The SMILES string of the molecule is CCOc1ccccc1.CCc1ccc(O)cc1. The van der Waals surface area contributed by atoms with Crippen LogP contribution in [0.4, 0.5) is 0 Å². The van der Waals surface area contributed by atoms with Gasteiger partial charge in [0.2, 0.25) is 0 Å². The van der Waals surface area contributed by atoms with E-state index in [9.17, 15) is 0 Å². The van der Waals surface area contributed by atoms with E-state index >= 15 is 0 Å². The molecule has 0 heterocycles. The van der Waals surface area contributed by atoms with E-state index in [-0.39, 0.29) is 0 Å². The van der Waals surface area contributed by atoms with E-state index in [2.05, 4.69) is 6.92 Å². The van der Waals surface area contributed by atoms with Gasteiger partial charge in [0.25, 0.3) is 0 Å². The van der Waals surface area contributed by atoms with Crippen LogP contribution in [0.2, 0.25) is 0 Å². The van der Waals surface area contributed by atoms with Crippen LogP contribution in [-0.2, 0) is 6.42 Å². The van der Waals surface area contributed by atoms with Gasteiger partial charge < -0.3 is 9.84 Å². The van der Waals surface area contributed by atoms with Crippen molar-refractivity contribution >= 4 is 0 Å². The van der Waals surface area contributed by atoms with Crippen molar-refractivity contribution in [2.45, 2.75) is 20.3 Å². The van der Waals surface area contributed by atoms with Gasteiger partial charge in [-0.25, -0.2) is 0 Å². The minimum atomic E-state index is 0.340. The number of aryl methyl sites for hydroxylation is 1. The highest BCUT2D eigenvalue weighted by atomic mass is 16.5. The molecule has 2 aromatic carbocycles. The van der Waals surface area contributed by atoms with Gasteiger partial charge in [-0.3, -0.25) is 0 Å². The summed E-state index contributed by atoms with van der Waals surface area (Å²) in [7, 11) is 0. The molecule has 0 aliphatic carbocycles. The highest BCUT2D eigenvalue weighted by Crippen LogP contribution is 2.09. The van der Waals surface area contributed by atoms with E-state index in [4.69, 9.17) is 9.84 Å². The zero-order valence-electron chi connectivity index (χ0n) is 11.0. The normalized spacial score (nSPS) is 9.22. The smallest absolute Gasteiger partial charge is 0.119 e. The number of benzene rings is 2. The Morgan fingerprint density at radius 1 is 0.889 bits per heavy atom. The molecule has 0 spiro atoms. The van der Waals surface area contributed by atoms with Crippen molar-refractivity contribution in [3.8, 4) is 11.5 Å². The van der Waals surface area contributed by atoms with Gasteiger partial charge in [0.1, 0.15) is 11.5 Å². The van der Waals surface area contributed by atoms with Crippen LogP contribution >= 0.6 is 0 Å². The van der Waals surface area contributed by atoms with E-state index in [0.29, 0.717) is 5.75 Å². The van der Waals surface area contributed by atoms with Crippen molar-refractivity contribution in [2.24, 2.45) is 0 Å². The molecule has 0 saturated heterocycles. The number of phenols is 1. The van der Waals surface area contributed by atoms with Crippen LogP contribution in [0.5, 0.6) is 11.5 Å². The summed E-state index contributed by atoms with van der Waals surface area (Å²) in [6.07, 6.45) is 1.03. The predicted molar refractivity (Wildman–Crippen MR) is 75.1 cm³/mol. The third-order valence-corrected chi connectivity index (χ3v) is 2.40. The van der Waals surface area contributed by atoms with Gasteiger partial charge in [-0.15, -0.1) is 0 Å². The third-order valence-electron chi connectivity index (χ3n) is 2.40. The average Bonchev–Trinajstić information content (AvgIpc) is 2.42. The van der Waals surface area contributed by atoms with Gasteiger partial charge >= 0.3 is 0 Å². The quantitative estimate of drug-likeness (QED) is 0.883. The second-order valence-electron chi connectivity index (χ2n) is 3.77. The molecule has 0 aliphatic heterocycles. The Bertz CT molecular complexity index is 421. The van der Waals surface area contributed by atoms with Gasteiger partial charge in [0.05, 0.1) is 6.61 Å². The Morgan fingerprint density at radius 2 is 1.50 bits per heavy atom. The van der Waals surface area contributed by atoms with E-state index < -0.39 is 0 Å². The summed E-state index contributed by atoms with van der Waals surface area (Å²) in [6.45, 7) is 4.81. The summed E-state index contributed by atoms with van der Waals surface area (Å²) in [6, 6.07) is 17.1. The lowest BCUT2D eigenvalue weighted by Crippen LogP contribution is -1.89. The summed E-state index contributed by atoms with van der Waals surface area (Å²) in [5, 5.41) is 8.85.